The summed E-state index contributed by atoms with van der Waals surface area (Å²) in [5.74, 6) is -1.31. The Hall–Kier alpha value is -3.72. The highest BCUT2D eigenvalue weighted by molar-refractivity contribution is 7.09. The molecule has 1 aromatic heterocycles. The van der Waals surface area contributed by atoms with Crippen LogP contribution < -0.4 is 10.9 Å². The molecule has 0 saturated carbocycles. The standard InChI is InChI=1S/C27H31N5O3S/c1-17(13-20-9-6-5-7-10-20)24(33)29-30-25(34)21-14-19(3)31(4)23(15-21)27(35)32-12-8-11-22(32)26-28-18(2)16-36-26/h5-7,9-10,14-17,22H,3,8,11-13H2,1-2,4H3,(H,29,33)(H,30,34)/t17-,22+/m0/s1. The quantitative estimate of drug-likeness (QED) is 0.587. The number of benzene rings is 1. The van der Waals surface area contributed by atoms with Crippen molar-refractivity contribution in [3.05, 3.63) is 87.7 Å². The number of carbonyl (C=O) groups excluding carboxylic acids is 3. The summed E-state index contributed by atoms with van der Waals surface area (Å²) in [6.07, 6.45) is 5.45. The van der Waals surface area contributed by atoms with Crippen LogP contribution in [0.25, 0.3) is 0 Å². The Morgan fingerprint density at radius 3 is 2.64 bits per heavy atom. The van der Waals surface area contributed by atoms with Crippen molar-refractivity contribution in [2.24, 2.45) is 5.92 Å². The second-order valence-electron chi connectivity index (χ2n) is 9.20. The van der Waals surface area contributed by atoms with Crippen molar-refractivity contribution in [2.45, 2.75) is 39.2 Å². The van der Waals surface area contributed by atoms with Gasteiger partial charge in [0.05, 0.1) is 6.04 Å². The van der Waals surface area contributed by atoms with Crippen molar-refractivity contribution >= 4 is 29.1 Å². The Kier molecular flexibility index (Phi) is 7.69. The smallest absolute Gasteiger partial charge is 0.271 e. The average molecular weight is 506 g/mol. The number of likely N-dealkylation sites (N-methyl/N-ethyl adjacent to an activating group) is 1. The molecular weight excluding hydrogens is 474 g/mol. The summed E-state index contributed by atoms with van der Waals surface area (Å²) in [7, 11) is 1.75. The van der Waals surface area contributed by atoms with Crippen molar-refractivity contribution < 1.29 is 14.4 Å². The number of aromatic nitrogens is 1. The van der Waals surface area contributed by atoms with Gasteiger partial charge in [-0.3, -0.25) is 25.2 Å². The number of nitrogens with zero attached hydrogens (tertiary/aromatic N) is 3. The number of likely N-dealkylation sites (tertiary alicyclic amines) is 1. The molecule has 3 amide bonds. The lowest BCUT2D eigenvalue weighted by molar-refractivity contribution is -0.130. The van der Waals surface area contributed by atoms with E-state index in [9.17, 15) is 14.4 Å². The predicted octanol–water partition coefficient (Wildman–Crippen LogP) is 3.41. The first-order valence-corrected chi connectivity index (χ1v) is 12.9. The fourth-order valence-electron chi connectivity index (χ4n) is 4.37. The molecule has 8 nitrogen and oxygen atoms in total. The monoisotopic (exact) mass is 505 g/mol. The molecule has 2 aliphatic heterocycles. The zero-order chi connectivity index (χ0) is 25.8. The first-order valence-electron chi connectivity index (χ1n) is 12.0. The highest BCUT2D eigenvalue weighted by atomic mass is 32.1. The first-order chi connectivity index (χ1) is 17.2. The Morgan fingerprint density at radius 2 is 1.94 bits per heavy atom. The van der Waals surface area contributed by atoms with Crippen LogP contribution in [0.15, 0.2) is 71.4 Å². The van der Waals surface area contributed by atoms with Gasteiger partial charge in [-0.05, 0) is 43.9 Å². The lowest BCUT2D eigenvalue weighted by Gasteiger charge is -2.31. The molecule has 0 unspecified atom stereocenters. The highest BCUT2D eigenvalue weighted by Gasteiger charge is 2.35. The van der Waals surface area contributed by atoms with E-state index >= 15 is 0 Å². The maximum absolute atomic E-state index is 13.6. The summed E-state index contributed by atoms with van der Waals surface area (Å²) in [5, 5.41) is 2.92. The fraction of sp³-hybridized carbons (Fsp3) is 0.333. The molecule has 1 aromatic carbocycles. The third-order valence-electron chi connectivity index (χ3n) is 6.45. The Bertz CT molecular complexity index is 1230. The van der Waals surface area contributed by atoms with Gasteiger partial charge >= 0.3 is 0 Å². The molecule has 2 aliphatic rings. The Morgan fingerprint density at radius 1 is 1.19 bits per heavy atom. The second kappa shape index (κ2) is 10.9. The molecule has 1 saturated heterocycles. The third-order valence-corrected chi connectivity index (χ3v) is 7.52. The number of aryl methyl sites for hydroxylation is 1. The number of hydrogen-bond donors (Lipinski definition) is 2. The maximum Gasteiger partial charge on any atom is 0.271 e. The van der Waals surface area contributed by atoms with E-state index in [1.165, 1.54) is 0 Å². The van der Waals surface area contributed by atoms with E-state index in [1.807, 2.05) is 47.5 Å². The molecule has 3 heterocycles. The van der Waals surface area contributed by atoms with Gasteiger partial charge < -0.3 is 9.80 Å². The van der Waals surface area contributed by atoms with Crippen LogP contribution in [0.5, 0.6) is 0 Å². The molecule has 36 heavy (non-hydrogen) atoms. The summed E-state index contributed by atoms with van der Waals surface area (Å²) < 4.78 is 0. The minimum absolute atomic E-state index is 0.0765. The van der Waals surface area contributed by atoms with Crippen molar-refractivity contribution in [1.29, 1.82) is 0 Å². The van der Waals surface area contributed by atoms with Crippen LogP contribution in [0, 0.1) is 12.8 Å². The normalized spacial score (nSPS) is 18.4. The molecule has 9 heteroatoms. The van der Waals surface area contributed by atoms with Crippen LogP contribution in [0.1, 0.15) is 42.1 Å². The second-order valence-corrected chi connectivity index (χ2v) is 10.1. The number of carbonyl (C=O) groups is 3. The van der Waals surface area contributed by atoms with Gasteiger partial charge in [0, 0.05) is 41.9 Å². The van der Waals surface area contributed by atoms with E-state index in [4.69, 9.17) is 0 Å². The van der Waals surface area contributed by atoms with E-state index in [-0.39, 0.29) is 29.3 Å². The van der Waals surface area contributed by atoms with Gasteiger partial charge in [0.25, 0.3) is 11.8 Å². The van der Waals surface area contributed by atoms with Gasteiger partial charge in [0.1, 0.15) is 10.7 Å². The third kappa shape index (κ3) is 5.57. The summed E-state index contributed by atoms with van der Waals surface area (Å²) >= 11 is 1.56. The molecule has 2 aromatic rings. The molecule has 188 valence electrons. The van der Waals surface area contributed by atoms with Gasteiger partial charge in [-0.2, -0.15) is 0 Å². The molecule has 2 atom stereocenters. The zero-order valence-electron chi connectivity index (χ0n) is 20.8. The number of rotatable bonds is 6. The van der Waals surface area contributed by atoms with E-state index in [0.29, 0.717) is 24.4 Å². The number of amides is 3. The Balaban J connectivity index is 1.42. The molecule has 0 spiro atoms. The molecule has 4 rings (SSSR count). The SMILES string of the molecule is C=C1C=C(C(=O)NNC(=O)[C@@H](C)Cc2ccccc2)C=C(C(=O)N2CCC[C@@H]2c2nc(C)cs2)N1C. The van der Waals surface area contributed by atoms with Gasteiger partial charge in [-0.1, -0.05) is 43.8 Å². The summed E-state index contributed by atoms with van der Waals surface area (Å²) in [6, 6.07) is 9.62. The summed E-state index contributed by atoms with van der Waals surface area (Å²) in [6.45, 7) is 8.37. The van der Waals surface area contributed by atoms with Gasteiger partial charge in [-0.25, -0.2) is 4.98 Å². The van der Waals surface area contributed by atoms with E-state index < -0.39 is 5.91 Å². The van der Waals surface area contributed by atoms with Crippen molar-refractivity contribution in [2.75, 3.05) is 13.6 Å². The molecular formula is C27H31N5O3S. The lowest BCUT2D eigenvalue weighted by Crippen LogP contribution is -2.45. The lowest BCUT2D eigenvalue weighted by atomic mass is 10.0. The van der Waals surface area contributed by atoms with Crippen molar-refractivity contribution in [1.82, 2.24) is 25.6 Å². The molecule has 1 fully saturated rings. The van der Waals surface area contributed by atoms with Crippen LogP contribution in [0.4, 0.5) is 0 Å². The first kappa shape index (κ1) is 25.4. The number of allylic oxidation sites excluding steroid dienone is 1. The molecule has 0 aliphatic carbocycles. The number of nitrogens with one attached hydrogen (secondary N) is 2. The average Bonchev–Trinajstić information content (AvgIpc) is 3.53. The molecule has 2 N–H and O–H groups in total. The van der Waals surface area contributed by atoms with Crippen LogP contribution in [0.3, 0.4) is 0 Å². The zero-order valence-corrected chi connectivity index (χ0v) is 21.6. The van der Waals surface area contributed by atoms with Crippen LogP contribution in [-0.2, 0) is 20.8 Å². The van der Waals surface area contributed by atoms with Gasteiger partial charge in [0.2, 0.25) is 5.91 Å². The minimum Gasteiger partial charge on any atom is -0.341 e. The van der Waals surface area contributed by atoms with Crippen LogP contribution in [0.2, 0.25) is 0 Å². The van der Waals surface area contributed by atoms with Crippen molar-refractivity contribution in [3.8, 4) is 0 Å². The number of hydrogen-bond acceptors (Lipinski definition) is 6. The van der Waals surface area contributed by atoms with Crippen LogP contribution in [-0.4, -0.2) is 46.1 Å². The fourth-order valence-corrected chi connectivity index (χ4v) is 5.31. The predicted molar refractivity (Wildman–Crippen MR) is 139 cm³/mol. The summed E-state index contributed by atoms with van der Waals surface area (Å²) in [5.41, 5.74) is 8.08. The number of thiazole rings is 1. The topological polar surface area (TPSA) is 94.6 Å². The summed E-state index contributed by atoms with van der Waals surface area (Å²) in [4.78, 5) is 47.1. The number of hydrazine groups is 1. The van der Waals surface area contributed by atoms with E-state index in [0.717, 1.165) is 29.1 Å². The molecule has 0 radical (unpaired) electrons. The van der Waals surface area contributed by atoms with E-state index in [2.05, 4.69) is 22.4 Å². The van der Waals surface area contributed by atoms with Gasteiger partial charge in [-0.15, -0.1) is 11.3 Å². The van der Waals surface area contributed by atoms with Gasteiger partial charge in [0.15, 0.2) is 0 Å². The van der Waals surface area contributed by atoms with Crippen LogP contribution >= 0.6 is 11.3 Å². The largest absolute Gasteiger partial charge is 0.341 e. The van der Waals surface area contributed by atoms with Crippen molar-refractivity contribution in [3.63, 3.8) is 0 Å². The Labute approximate surface area is 215 Å². The highest BCUT2D eigenvalue weighted by Crippen LogP contribution is 2.36. The minimum atomic E-state index is -0.511. The van der Waals surface area contributed by atoms with E-state index in [1.54, 1.807) is 42.4 Å². The molecule has 0 bridgehead atoms. The maximum atomic E-state index is 13.6.